The summed E-state index contributed by atoms with van der Waals surface area (Å²) in [5.74, 6) is 0.601. The summed E-state index contributed by atoms with van der Waals surface area (Å²) in [5.41, 5.74) is 6.29. The number of anilines is 2. The van der Waals surface area contributed by atoms with Crippen molar-refractivity contribution in [2.75, 3.05) is 18.1 Å². The Labute approximate surface area is 96.2 Å². The summed E-state index contributed by atoms with van der Waals surface area (Å²) >= 11 is 0. The van der Waals surface area contributed by atoms with Crippen molar-refractivity contribution in [1.82, 2.24) is 14.8 Å². The van der Waals surface area contributed by atoms with Gasteiger partial charge in [-0.05, 0) is 12.1 Å². The molecular formula is C9H10N6O2. The number of nitrogens with zero attached hydrogens (tertiary/aromatic N) is 4. The van der Waals surface area contributed by atoms with Crippen molar-refractivity contribution in [2.45, 2.75) is 0 Å². The Balaban J connectivity index is 2.39. The molecule has 8 nitrogen and oxygen atoms in total. The van der Waals surface area contributed by atoms with Gasteiger partial charge >= 0.3 is 0 Å². The van der Waals surface area contributed by atoms with Crippen LogP contribution < -0.4 is 11.1 Å². The van der Waals surface area contributed by atoms with Gasteiger partial charge in [0.05, 0.1) is 10.6 Å². The van der Waals surface area contributed by atoms with Gasteiger partial charge in [-0.1, -0.05) is 0 Å². The monoisotopic (exact) mass is 234 g/mol. The lowest BCUT2D eigenvalue weighted by molar-refractivity contribution is -0.384. The van der Waals surface area contributed by atoms with E-state index in [0.29, 0.717) is 11.6 Å². The summed E-state index contributed by atoms with van der Waals surface area (Å²) in [5, 5.41) is 17.3. The van der Waals surface area contributed by atoms with E-state index in [2.05, 4.69) is 15.4 Å². The zero-order valence-corrected chi connectivity index (χ0v) is 8.99. The molecule has 0 fully saturated rings. The van der Waals surface area contributed by atoms with Crippen LogP contribution in [0.25, 0.3) is 5.69 Å². The van der Waals surface area contributed by atoms with Crippen LogP contribution in [0.4, 0.5) is 17.6 Å². The smallest absolute Gasteiger partial charge is 0.269 e. The zero-order chi connectivity index (χ0) is 12.4. The summed E-state index contributed by atoms with van der Waals surface area (Å²) in [6.07, 6.45) is 0. The maximum absolute atomic E-state index is 10.5. The van der Waals surface area contributed by atoms with E-state index < -0.39 is 4.92 Å². The number of nitrogens with one attached hydrogen (secondary N) is 1. The molecule has 0 unspecified atom stereocenters. The summed E-state index contributed by atoms with van der Waals surface area (Å²) in [7, 11) is 1.68. The predicted octanol–water partition coefficient (Wildman–Crippen LogP) is 0.799. The molecule has 0 atom stereocenters. The van der Waals surface area contributed by atoms with E-state index in [0.717, 1.165) is 0 Å². The van der Waals surface area contributed by atoms with Crippen molar-refractivity contribution in [3.8, 4) is 5.69 Å². The van der Waals surface area contributed by atoms with Crippen LogP contribution in [0.3, 0.4) is 0 Å². The van der Waals surface area contributed by atoms with Gasteiger partial charge < -0.3 is 11.1 Å². The fourth-order valence-corrected chi connectivity index (χ4v) is 1.34. The Hall–Kier alpha value is -2.64. The minimum atomic E-state index is -0.465. The van der Waals surface area contributed by atoms with Gasteiger partial charge in [0.1, 0.15) is 0 Å². The molecule has 2 rings (SSSR count). The lowest BCUT2D eigenvalue weighted by atomic mass is 10.3. The van der Waals surface area contributed by atoms with Gasteiger partial charge in [0.15, 0.2) is 0 Å². The number of benzene rings is 1. The highest BCUT2D eigenvalue weighted by Gasteiger charge is 2.09. The minimum absolute atomic E-state index is 0.0151. The van der Waals surface area contributed by atoms with Crippen molar-refractivity contribution in [3.05, 3.63) is 34.4 Å². The number of hydrogen-bond donors (Lipinski definition) is 2. The van der Waals surface area contributed by atoms with E-state index in [1.54, 1.807) is 19.2 Å². The van der Waals surface area contributed by atoms with Crippen LogP contribution >= 0.6 is 0 Å². The van der Waals surface area contributed by atoms with E-state index in [-0.39, 0.29) is 11.6 Å². The fraction of sp³-hybridized carbons (Fsp3) is 0.111. The molecule has 17 heavy (non-hydrogen) atoms. The van der Waals surface area contributed by atoms with E-state index >= 15 is 0 Å². The average molecular weight is 234 g/mol. The van der Waals surface area contributed by atoms with E-state index in [1.165, 1.54) is 16.8 Å². The van der Waals surface area contributed by atoms with Crippen molar-refractivity contribution >= 4 is 17.6 Å². The Morgan fingerprint density at radius 3 is 2.53 bits per heavy atom. The standard InChI is InChI=1S/C9H10N6O2/c1-11-9-12-8(10)14(13-9)6-2-4-7(5-3-6)15(16)17/h2-5H,1H3,(H3,10,11,12,13). The van der Waals surface area contributed by atoms with Gasteiger partial charge in [0.2, 0.25) is 11.9 Å². The third-order valence-electron chi connectivity index (χ3n) is 2.16. The molecule has 1 aromatic carbocycles. The Bertz CT molecular complexity index is 547. The molecule has 1 aromatic heterocycles. The van der Waals surface area contributed by atoms with Crippen LogP contribution in [0.2, 0.25) is 0 Å². The predicted molar refractivity (Wildman–Crippen MR) is 62.0 cm³/mol. The highest BCUT2D eigenvalue weighted by Crippen LogP contribution is 2.17. The molecule has 2 aromatic rings. The molecule has 0 aliphatic carbocycles. The Kier molecular flexibility index (Phi) is 2.61. The number of nitro groups is 1. The summed E-state index contributed by atoms with van der Waals surface area (Å²) in [6.45, 7) is 0. The van der Waals surface area contributed by atoms with Crippen molar-refractivity contribution in [1.29, 1.82) is 0 Å². The van der Waals surface area contributed by atoms with Crippen molar-refractivity contribution < 1.29 is 4.92 Å². The molecule has 0 amide bonds. The minimum Gasteiger partial charge on any atom is -0.368 e. The molecular weight excluding hydrogens is 224 g/mol. The zero-order valence-electron chi connectivity index (χ0n) is 8.99. The van der Waals surface area contributed by atoms with Gasteiger partial charge in [-0.15, -0.1) is 5.10 Å². The first-order chi connectivity index (χ1) is 8.11. The molecule has 0 bridgehead atoms. The fourth-order valence-electron chi connectivity index (χ4n) is 1.34. The summed E-state index contributed by atoms with van der Waals surface area (Å²) in [4.78, 5) is 14.0. The number of aromatic nitrogens is 3. The lowest BCUT2D eigenvalue weighted by Gasteiger charge is -2.01. The van der Waals surface area contributed by atoms with Crippen LogP contribution in [0.5, 0.6) is 0 Å². The largest absolute Gasteiger partial charge is 0.368 e. The SMILES string of the molecule is CNc1nc(N)n(-c2ccc([N+](=O)[O-])cc2)n1. The van der Waals surface area contributed by atoms with Gasteiger partial charge in [0.25, 0.3) is 5.69 Å². The topological polar surface area (TPSA) is 112 Å². The number of non-ortho nitro benzene ring substituents is 1. The number of nitro benzene ring substituents is 1. The first kappa shape index (κ1) is 10.9. The van der Waals surface area contributed by atoms with Gasteiger partial charge in [0, 0.05) is 19.2 Å². The van der Waals surface area contributed by atoms with Crippen LogP contribution in [0.1, 0.15) is 0 Å². The van der Waals surface area contributed by atoms with Crippen molar-refractivity contribution in [2.24, 2.45) is 0 Å². The summed E-state index contributed by atoms with van der Waals surface area (Å²) < 4.78 is 1.40. The van der Waals surface area contributed by atoms with E-state index in [9.17, 15) is 10.1 Å². The van der Waals surface area contributed by atoms with Gasteiger partial charge in [-0.3, -0.25) is 10.1 Å². The molecule has 0 saturated heterocycles. The third kappa shape index (κ3) is 2.00. The number of nitrogens with two attached hydrogens (primary N) is 1. The Morgan fingerprint density at radius 1 is 1.41 bits per heavy atom. The highest BCUT2D eigenvalue weighted by molar-refractivity contribution is 5.45. The second-order valence-electron chi connectivity index (χ2n) is 3.23. The molecule has 0 aliphatic heterocycles. The average Bonchev–Trinajstić information content (AvgIpc) is 2.71. The van der Waals surface area contributed by atoms with Crippen LogP contribution in [0, 0.1) is 10.1 Å². The highest BCUT2D eigenvalue weighted by atomic mass is 16.6. The number of rotatable bonds is 3. The first-order valence-electron chi connectivity index (χ1n) is 4.77. The normalized spacial score (nSPS) is 10.2. The Morgan fingerprint density at radius 2 is 2.06 bits per heavy atom. The molecule has 0 saturated carbocycles. The van der Waals surface area contributed by atoms with E-state index in [1.807, 2.05) is 0 Å². The van der Waals surface area contributed by atoms with E-state index in [4.69, 9.17) is 5.73 Å². The molecule has 3 N–H and O–H groups in total. The van der Waals surface area contributed by atoms with Gasteiger partial charge in [-0.2, -0.15) is 9.67 Å². The molecule has 0 spiro atoms. The van der Waals surface area contributed by atoms with Gasteiger partial charge in [-0.25, -0.2) is 0 Å². The second kappa shape index (κ2) is 4.08. The molecule has 8 heteroatoms. The van der Waals surface area contributed by atoms with Crippen LogP contribution in [0.15, 0.2) is 24.3 Å². The number of hydrogen-bond acceptors (Lipinski definition) is 6. The van der Waals surface area contributed by atoms with Crippen LogP contribution in [-0.4, -0.2) is 26.7 Å². The lowest BCUT2D eigenvalue weighted by Crippen LogP contribution is -2.02. The molecule has 0 radical (unpaired) electrons. The maximum atomic E-state index is 10.5. The maximum Gasteiger partial charge on any atom is 0.269 e. The first-order valence-corrected chi connectivity index (χ1v) is 4.77. The van der Waals surface area contributed by atoms with Crippen molar-refractivity contribution in [3.63, 3.8) is 0 Å². The molecule has 88 valence electrons. The third-order valence-corrected chi connectivity index (χ3v) is 2.16. The number of nitrogen functional groups attached to an aromatic ring is 1. The second-order valence-corrected chi connectivity index (χ2v) is 3.23. The molecule has 1 heterocycles. The summed E-state index contributed by atoms with van der Waals surface area (Å²) in [6, 6.07) is 5.89. The van der Waals surface area contributed by atoms with Crippen LogP contribution in [-0.2, 0) is 0 Å². The quantitative estimate of drug-likeness (QED) is 0.600. The molecule has 0 aliphatic rings.